The number of hydrogen-bond acceptors (Lipinski definition) is 3. The van der Waals surface area contributed by atoms with E-state index in [-0.39, 0.29) is 18.5 Å². The van der Waals surface area contributed by atoms with Crippen LogP contribution in [0, 0.1) is 5.92 Å². The molecule has 1 aliphatic carbocycles. The first kappa shape index (κ1) is 13.4. The monoisotopic (exact) mass is 226 g/mol. The zero-order chi connectivity index (χ0) is 11.8. The molecule has 0 unspecified atom stereocenters. The van der Waals surface area contributed by atoms with Gasteiger partial charge in [-0.1, -0.05) is 31.4 Å². The average molecular weight is 226 g/mol. The van der Waals surface area contributed by atoms with E-state index in [4.69, 9.17) is 9.47 Å². The topological polar surface area (TPSA) is 35.5 Å². The molecule has 0 N–H and O–H groups in total. The Morgan fingerprint density at radius 2 is 2.06 bits per heavy atom. The first-order chi connectivity index (χ1) is 7.79. The highest BCUT2D eigenvalue weighted by atomic mass is 16.7. The Bertz CT molecular complexity index is 229. The maximum atomic E-state index is 12.2. The lowest BCUT2D eigenvalue weighted by atomic mass is 9.84. The Balaban J connectivity index is 2.50. The van der Waals surface area contributed by atoms with Crippen molar-refractivity contribution in [3.8, 4) is 0 Å². The molecule has 92 valence electrons. The zero-order valence-electron chi connectivity index (χ0n) is 10.3. The normalized spacial score (nSPS) is 20.1. The Kier molecular flexibility index (Phi) is 6.34. The van der Waals surface area contributed by atoms with Gasteiger partial charge in [0.1, 0.15) is 12.9 Å². The van der Waals surface area contributed by atoms with E-state index in [9.17, 15) is 4.79 Å². The lowest BCUT2D eigenvalue weighted by Gasteiger charge is -2.23. The molecule has 0 aliphatic heterocycles. The van der Waals surface area contributed by atoms with Gasteiger partial charge in [0.15, 0.2) is 5.78 Å². The minimum atomic E-state index is -0.423. The molecule has 3 nitrogen and oxygen atoms in total. The molecule has 0 amide bonds. The first-order valence-electron chi connectivity index (χ1n) is 6.06. The van der Waals surface area contributed by atoms with Gasteiger partial charge in [0.25, 0.3) is 0 Å². The van der Waals surface area contributed by atoms with Gasteiger partial charge >= 0.3 is 0 Å². The molecule has 1 fully saturated rings. The van der Waals surface area contributed by atoms with Crippen LogP contribution in [-0.2, 0) is 14.3 Å². The van der Waals surface area contributed by atoms with Crippen molar-refractivity contribution in [2.45, 2.75) is 45.1 Å². The van der Waals surface area contributed by atoms with Gasteiger partial charge in [-0.15, -0.1) is 0 Å². The number of rotatable bonds is 6. The van der Waals surface area contributed by atoms with E-state index >= 15 is 0 Å². The molecular weight excluding hydrogens is 204 g/mol. The van der Waals surface area contributed by atoms with Gasteiger partial charge in [-0.25, -0.2) is 0 Å². The molecule has 0 aromatic carbocycles. The molecule has 0 aromatic rings. The summed E-state index contributed by atoms with van der Waals surface area (Å²) in [5, 5.41) is 0. The highest BCUT2D eigenvalue weighted by molar-refractivity contribution is 5.87. The van der Waals surface area contributed by atoms with Crippen molar-refractivity contribution in [1.82, 2.24) is 0 Å². The second kappa shape index (κ2) is 7.58. The number of allylic oxidation sites excluding steroid dienone is 1. The Morgan fingerprint density at radius 3 is 2.62 bits per heavy atom. The third-order valence-corrected chi connectivity index (χ3v) is 3.02. The molecule has 3 heteroatoms. The highest BCUT2D eigenvalue weighted by Crippen LogP contribution is 2.26. The third-order valence-electron chi connectivity index (χ3n) is 3.02. The standard InChI is InChI=1S/C13H22O3/c1-3-7-12(16-10-15-2)13(14)11-8-5-4-6-9-11/h3,7,11-12H,4-6,8-10H2,1-2H3/b7-3+/t12-/m0/s1. The van der Waals surface area contributed by atoms with Crippen LogP contribution in [0.3, 0.4) is 0 Å². The molecule has 16 heavy (non-hydrogen) atoms. The summed E-state index contributed by atoms with van der Waals surface area (Å²) in [7, 11) is 1.57. The molecule has 0 spiro atoms. The maximum Gasteiger partial charge on any atom is 0.168 e. The fourth-order valence-electron chi connectivity index (χ4n) is 2.17. The number of Topliss-reactive ketones (excluding diaryl/α,β-unsaturated/α-hetero) is 1. The number of carbonyl (C=O) groups is 1. The van der Waals surface area contributed by atoms with E-state index in [0.29, 0.717) is 0 Å². The van der Waals surface area contributed by atoms with Gasteiger partial charge in [0.05, 0.1) is 0 Å². The van der Waals surface area contributed by atoms with Gasteiger partial charge in [0, 0.05) is 13.0 Å². The predicted octanol–water partition coefficient (Wildman–Crippen LogP) is 2.70. The van der Waals surface area contributed by atoms with Gasteiger partial charge < -0.3 is 9.47 Å². The van der Waals surface area contributed by atoms with E-state index < -0.39 is 6.10 Å². The van der Waals surface area contributed by atoms with E-state index in [1.807, 2.05) is 19.1 Å². The van der Waals surface area contributed by atoms with Crippen LogP contribution >= 0.6 is 0 Å². The van der Waals surface area contributed by atoms with Crippen LogP contribution in [0.25, 0.3) is 0 Å². The smallest absolute Gasteiger partial charge is 0.168 e. The number of methoxy groups -OCH3 is 1. The van der Waals surface area contributed by atoms with E-state index in [1.54, 1.807) is 7.11 Å². The van der Waals surface area contributed by atoms with Crippen molar-refractivity contribution in [2.75, 3.05) is 13.9 Å². The number of hydrogen-bond donors (Lipinski definition) is 0. The molecule has 1 saturated carbocycles. The van der Waals surface area contributed by atoms with Crippen molar-refractivity contribution in [1.29, 1.82) is 0 Å². The summed E-state index contributed by atoms with van der Waals surface area (Å²) >= 11 is 0. The number of ether oxygens (including phenoxy) is 2. The van der Waals surface area contributed by atoms with Crippen molar-refractivity contribution >= 4 is 5.78 Å². The lowest BCUT2D eigenvalue weighted by Crippen LogP contribution is -2.31. The van der Waals surface area contributed by atoms with Crippen LogP contribution < -0.4 is 0 Å². The largest absolute Gasteiger partial charge is 0.359 e. The average Bonchev–Trinajstić information content (AvgIpc) is 2.35. The van der Waals surface area contributed by atoms with Crippen molar-refractivity contribution in [3.63, 3.8) is 0 Å². The third kappa shape index (κ3) is 4.06. The Labute approximate surface area is 97.8 Å². The predicted molar refractivity (Wildman–Crippen MR) is 63.1 cm³/mol. The summed E-state index contributed by atoms with van der Waals surface area (Å²) in [6.45, 7) is 2.07. The van der Waals surface area contributed by atoms with Crippen molar-refractivity contribution < 1.29 is 14.3 Å². The van der Waals surface area contributed by atoms with E-state index in [1.165, 1.54) is 19.3 Å². The quantitative estimate of drug-likeness (QED) is 0.516. The molecule has 0 saturated heterocycles. The highest BCUT2D eigenvalue weighted by Gasteiger charge is 2.26. The maximum absolute atomic E-state index is 12.2. The number of carbonyl (C=O) groups excluding carboxylic acids is 1. The second-order valence-corrected chi connectivity index (χ2v) is 4.26. The lowest BCUT2D eigenvalue weighted by molar-refractivity contribution is -0.139. The molecule has 1 rings (SSSR count). The summed E-state index contributed by atoms with van der Waals surface area (Å²) in [5.74, 6) is 0.404. The summed E-state index contributed by atoms with van der Waals surface area (Å²) in [6, 6.07) is 0. The Hall–Kier alpha value is -0.670. The zero-order valence-corrected chi connectivity index (χ0v) is 10.3. The molecule has 0 heterocycles. The summed E-state index contributed by atoms with van der Waals surface area (Å²) in [5.41, 5.74) is 0. The van der Waals surface area contributed by atoms with Crippen LogP contribution in [0.5, 0.6) is 0 Å². The van der Waals surface area contributed by atoms with Crippen LogP contribution in [0.4, 0.5) is 0 Å². The molecule has 0 bridgehead atoms. The van der Waals surface area contributed by atoms with Gasteiger partial charge in [-0.05, 0) is 19.8 Å². The van der Waals surface area contributed by atoms with Gasteiger partial charge in [-0.2, -0.15) is 0 Å². The fourth-order valence-corrected chi connectivity index (χ4v) is 2.17. The molecule has 0 aromatic heterocycles. The number of ketones is 1. The van der Waals surface area contributed by atoms with Crippen LogP contribution in [-0.4, -0.2) is 25.8 Å². The second-order valence-electron chi connectivity index (χ2n) is 4.26. The summed E-state index contributed by atoms with van der Waals surface area (Å²) < 4.78 is 10.2. The van der Waals surface area contributed by atoms with Crippen molar-refractivity contribution in [3.05, 3.63) is 12.2 Å². The summed E-state index contributed by atoms with van der Waals surface area (Å²) in [6.07, 6.45) is 8.89. The van der Waals surface area contributed by atoms with Crippen molar-refractivity contribution in [2.24, 2.45) is 5.92 Å². The van der Waals surface area contributed by atoms with E-state index in [2.05, 4.69) is 0 Å². The fraction of sp³-hybridized carbons (Fsp3) is 0.769. The first-order valence-corrected chi connectivity index (χ1v) is 6.06. The van der Waals surface area contributed by atoms with Crippen LogP contribution in [0.2, 0.25) is 0 Å². The van der Waals surface area contributed by atoms with Crippen LogP contribution in [0.15, 0.2) is 12.2 Å². The molecule has 1 aliphatic rings. The SMILES string of the molecule is C/C=C/[C@H](OCOC)C(=O)C1CCCCC1. The van der Waals surface area contributed by atoms with Crippen LogP contribution in [0.1, 0.15) is 39.0 Å². The van der Waals surface area contributed by atoms with Gasteiger partial charge in [-0.3, -0.25) is 4.79 Å². The Morgan fingerprint density at radius 1 is 1.38 bits per heavy atom. The summed E-state index contributed by atoms with van der Waals surface area (Å²) in [4.78, 5) is 12.2. The molecule has 1 atom stereocenters. The van der Waals surface area contributed by atoms with E-state index in [0.717, 1.165) is 12.8 Å². The van der Waals surface area contributed by atoms with Gasteiger partial charge in [0.2, 0.25) is 0 Å². The minimum Gasteiger partial charge on any atom is -0.359 e. The molecule has 0 radical (unpaired) electrons. The minimum absolute atomic E-state index is 0.174. The molecular formula is C13H22O3.